The summed E-state index contributed by atoms with van der Waals surface area (Å²) in [5.41, 5.74) is 1.94. The maximum absolute atomic E-state index is 12.3. The van der Waals surface area contributed by atoms with E-state index in [0.717, 1.165) is 27.9 Å². The molecule has 0 saturated carbocycles. The average molecular weight is 336 g/mol. The van der Waals surface area contributed by atoms with Crippen LogP contribution in [0, 0.1) is 6.92 Å². The average Bonchev–Trinajstić information content (AvgIpc) is 2.95. The largest absolute Gasteiger partial charge is 0.465 e. The van der Waals surface area contributed by atoms with Gasteiger partial charge in [0, 0.05) is 17.9 Å². The predicted octanol–water partition coefficient (Wildman–Crippen LogP) is 2.98. The van der Waals surface area contributed by atoms with Crippen molar-refractivity contribution >= 4 is 35.0 Å². The second-order valence-electron chi connectivity index (χ2n) is 5.49. The van der Waals surface area contributed by atoms with Gasteiger partial charge in [0.15, 0.2) is 0 Å². The molecular weight excluding hydrogens is 316 g/mol. The summed E-state index contributed by atoms with van der Waals surface area (Å²) >= 11 is 0.842. The Hall–Kier alpha value is -2.02. The highest BCUT2D eigenvalue weighted by molar-refractivity contribution is 8.18. The zero-order valence-electron chi connectivity index (χ0n) is 13.7. The lowest BCUT2D eigenvalue weighted by atomic mass is 10.3. The number of aryl methyl sites for hydroxylation is 1. The Labute approximate surface area is 139 Å². The summed E-state index contributed by atoms with van der Waals surface area (Å²) < 4.78 is 6.87. The van der Waals surface area contributed by atoms with Crippen LogP contribution < -0.4 is 0 Å². The van der Waals surface area contributed by atoms with Crippen molar-refractivity contribution in [1.82, 2.24) is 9.47 Å². The van der Waals surface area contributed by atoms with Crippen molar-refractivity contribution in [2.45, 2.75) is 33.7 Å². The van der Waals surface area contributed by atoms with Gasteiger partial charge in [-0.25, -0.2) is 0 Å². The highest BCUT2D eigenvalue weighted by Gasteiger charge is 2.36. The predicted molar refractivity (Wildman–Crippen MR) is 88.9 cm³/mol. The maximum Gasteiger partial charge on any atom is 0.326 e. The van der Waals surface area contributed by atoms with Crippen LogP contribution in [0.15, 0.2) is 17.2 Å². The first-order chi connectivity index (χ1) is 10.8. The van der Waals surface area contributed by atoms with Gasteiger partial charge in [0.1, 0.15) is 6.54 Å². The van der Waals surface area contributed by atoms with Crippen LogP contribution in [0.3, 0.4) is 0 Å². The minimum absolute atomic E-state index is 0.215. The first-order valence-corrected chi connectivity index (χ1v) is 8.24. The molecule has 2 rings (SSSR count). The fourth-order valence-corrected chi connectivity index (χ4v) is 3.21. The minimum Gasteiger partial charge on any atom is -0.465 e. The number of hydrogen-bond acceptors (Lipinski definition) is 5. The third kappa shape index (κ3) is 3.85. The quantitative estimate of drug-likeness (QED) is 0.611. The van der Waals surface area contributed by atoms with E-state index in [9.17, 15) is 14.4 Å². The number of carbonyl (C=O) groups excluding carboxylic acids is 3. The van der Waals surface area contributed by atoms with Crippen LogP contribution in [-0.4, -0.2) is 39.7 Å². The lowest BCUT2D eigenvalue weighted by Gasteiger charge is -2.10. The molecule has 1 aliphatic rings. The summed E-state index contributed by atoms with van der Waals surface area (Å²) in [6, 6.07) is 2.27. The van der Waals surface area contributed by atoms with Gasteiger partial charge in [-0.15, -0.1) is 0 Å². The van der Waals surface area contributed by atoms with Crippen LogP contribution in [0.25, 0.3) is 6.08 Å². The Bertz CT molecular complexity index is 676. The molecule has 2 heterocycles. The van der Waals surface area contributed by atoms with E-state index in [0.29, 0.717) is 10.9 Å². The first-order valence-electron chi connectivity index (χ1n) is 7.43. The summed E-state index contributed by atoms with van der Waals surface area (Å²) in [6.07, 6.45) is 3.63. The highest BCUT2D eigenvalue weighted by Crippen LogP contribution is 2.32. The molecule has 1 aromatic rings. The molecule has 0 bridgehead atoms. The molecule has 0 spiro atoms. The standard InChI is InChI=1S/C16H20N2O4S/c1-5-22-14(19)9-18-15(20)13(23-16(18)21)7-12-6-11(4)17(8-12)10(2)3/h6-8,10H,5,9H2,1-4H3/b13-7-. The SMILES string of the molecule is CCOC(=O)CN1C(=O)S/C(=C\c2cc(C)n(C(C)C)c2)C1=O. The van der Waals surface area contributed by atoms with Crippen LogP contribution in [0.1, 0.15) is 38.1 Å². The number of nitrogens with zero attached hydrogens (tertiary/aromatic N) is 2. The van der Waals surface area contributed by atoms with Crippen molar-refractivity contribution in [3.05, 3.63) is 28.4 Å². The number of imide groups is 1. The third-order valence-electron chi connectivity index (χ3n) is 3.39. The van der Waals surface area contributed by atoms with Gasteiger partial charge in [-0.1, -0.05) is 0 Å². The Balaban J connectivity index is 2.18. The number of hydrogen-bond donors (Lipinski definition) is 0. The Morgan fingerprint density at radius 2 is 2.09 bits per heavy atom. The highest BCUT2D eigenvalue weighted by atomic mass is 32.2. The van der Waals surface area contributed by atoms with E-state index in [2.05, 4.69) is 18.4 Å². The van der Waals surface area contributed by atoms with Crippen LogP contribution in [0.2, 0.25) is 0 Å². The van der Waals surface area contributed by atoms with Gasteiger partial charge >= 0.3 is 5.97 Å². The van der Waals surface area contributed by atoms with Crippen molar-refractivity contribution in [3.8, 4) is 0 Å². The summed E-state index contributed by atoms with van der Waals surface area (Å²) in [4.78, 5) is 36.9. The molecule has 2 amide bonds. The zero-order chi connectivity index (χ0) is 17.1. The maximum atomic E-state index is 12.3. The molecule has 1 aliphatic heterocycles. The lowest BCUT2D eigenvalue weighted by Crippen LogP contribution is -2.34. The molecule has 6 nitrogen and oxygen atoms in total. The summed E-state index contributed by atoms with van der Waals surface area (Å²) in [6.45, 7) is 7.68. The van der Waals surface area contributed by atoms with Crippen LogP contribution >= 0.6 is 11.8 Å². The molecule has 23 heavy (non-hydrogen) atoms. The number of carbonyl (C=O) groups is 3. The van der Waals surface area contributed by atoms with Crippen molar-refractivity contribution in [3.63, 3.8) is 0 Å². The molecule has 1 fully saturated rings. The van der Waals surface area contributed by atoms with Gasteiger partial charge in [0.05, 0.1) is 11.5 Å². The Morgan fingerprint density at radius 3 is 2.65 bits per heavy atom. The zero-order valence-corrected chi connectivity index (χ0v) is 14.5. The van der Waals surface area contributed by atoms with E-state index < -0.39 is 17.1 Å². The molecule has 124 valence electrons. The number of amides is 2. The second-order valence-corrected chi connectivity index (χ2v) is 6.48. The molecule has 0 aromatic carbocycles. The van der Waals surface area contributed by atoms with E-state index in [1.807, 2.05) is 19.2 Å². The molecule has 0 aliphatic carbocycles. The van der Waals surface area contributed by atoms with Crippen molar-refractivity contribution < 1.29 is 19.1 Å². The normalized spacial score (nSPS) is 16.7. The number of esters is 1. The van der Waals surface area contributed by atoms with Gasteiger partial charge < -0.3 is 9.30 Å². The van der Waals surface area contributed by atoms with E-state index in [-0.39, 0.29) is 13.2 Å². The first kappa shape index (κ1) is 17.3. The number of rotatable bonds is 5. The molecule has 1 saturated heterocycles. The molecule has 0 unspecified atom stereocenters. The molecule has 0 atom stereocenters. The Morgan fingerprint density at radius 1 is 1.39 bits per heavy atom. The molecule has 7 heteroatoms. The van der Waals surface area contributed by atoms with Gasteiger partial charge in [0.2, 0.25) is 0 Å². The van der Waals surface area contributed by atoms with E-state index >= 15 is 0 Å². The van der Waals surface area contributed by atoms with Gasteiger partial charge in [-0.05, 0) is 57.2 Å². The lowest BCUT2D eigenvalue weighted by molar-refractivity contribution is -0.145. The van der Waals surface area contributed by atoms with Crippen LogP contribution in [0.4, 0.5) is 4.79 Å². The van der Waals surface area contributed by atoms with Gasteiger partial charge in [-0.3, -0.25) is 19.3 Å². The monoisotopic (exact) mass is 336 g/mol. The molecule has 0 radical (unpaired) electrons. The number of aromatic nitrogens is 1. The number of ether oxygens (including phenoxy) is 1. The van der Waals surface area contributed by atoms with Crippen molar-refractivity contribution in [1.29, 1.82) is 0 Å². The molecular formula is C16H20N2O4S. The minimum atomic E-state index is -0.585. The fourth-order valence-electron chi connectivity index (χ4n) is 2.37. The van der Waals surface area contributed by atoms with Crippen molar-refractivity contribution in [2.24, 2.45) is 0 Å². The fraction of sp³-hybridized carbons (Fsp3) is 0.438. The van der Waals surface area contributed by atoms with Crippen LogP contribution in [-0.2, 0) is 14.3 Å². The summed E-state index contributed by atoms with van der Waals surface area (Å²) in [7, 11) is 0. The summed E-state index contributed by atoms with van der Waals surface area (Å²) in [5.74, 6) is -1.04. The molecule has 0 N–H and O–H groups in total. The number of thioether (sulfide) groups is 1. The third-order valence-corrected chi connectivity index (χ3v) is 4.30. The van der Waals surface area contributed by atoms with Crippen LogP contribution in [0.5, 0.6) is 0 Å². The summed E-state index contributed by atoms with van der Waals surface area (Å²) in [5, 5.41) is -0.450. The topological polar surface area (TPSA) is 68.6 Å². The van der Waals surface area contributed by atoms with Gasteiger partial charge in [0.25, 0.3) is 11.1 Å². The smallest absolute Gasteiger partial charge is 0.326 e. The molecule has 1 aromatic heterocycles. The van der Waals surface area contributed by atoms with E-state index in [4.69, 9.17) is 4.74 Å². The second kappa shape index (κ2) is 7.04. The Kier molecular flexibility index (Phi) is 5.30. The van der Waals surface area contributed by atoms with Gasteiger partial charge in [-0.2, -0.15) is 0 Å². The van der Waals surface area contributed by atoms with Crippen molar-refractivity contribution in [2.75, 3.05) is 13.2 Å². The van der Waals surface area contributed by atoms with E-state index in [1.165, 1.54) is 0 Å². The van der Waals surface area contributed by atoms with E-state index in [1.54, 1.807) is 13.0 Å².